The van der Waals surface area contributed by atoms with Gasteiger partial charge in [0.1, 0.15) is 17.4 Å². The molecule has 1 spiro atoms. The Morgan fingerprint density at radius 3 is 2.36 bits per heavy atom. The van der Waals surface area contributed by atoms with Crippen molar-refractivity contribution in [2.24, 2.45) is 23.7 Å². The zero-order valence-corrected chi connectivity index (χ0v) is 31.1. The van der Waals surface area contributed by atoms with E-state index in [1.165, 1.54) is 0 Å². The summed E-state index contributed by atoms with van der Waals surface area (Å²) in [6.07, 6.45) is 8.84. The van der Waals surface area contributed by atoms with Crippen molar-refractivity contribution in [1.29, 1.82) is 0 Å². The normalized spacial score (nSPS) is 33.4. The number of alkyl halides is 3. The van der Waals surface area contributed by atoms with Crippen LogP contribution >= 0.6 is 0 Å². The lowest BCUT2D eigenvalue weighted by atomic mass is 9.58. The number of carbonyl (C=O) groups excluding carboxylic acids is 1. The van der Waals surface area contributed by atoms with Gasteiger partial charge in [-0.2, -0.15) is 13.2 Å². The highest BCUT2D eigenvalue weighted by atomic mass is 19.4. The summed E-state index contributed by atoms with van der Waals surface area (Å²) in [4.78, 5) is 48.2. The van der Waals surface area contributed by atoms with Crippen LogP contribution < -0.4 is 19.9 Å². The average Bonchev–Trinajstić information content (AvgIpc) is 3.60. The van der Waals surface area contributed by atoms with Gasteiger partial charge in [-0.05, 0) is 111 Å². The topological polar surface area (TPSA) is 143 Å². The SMILES string of the molecule is O=C(NC1(C(=O)O)C2CCC3CC(C2)CC1C3)c1cnc(N2CC3(CC4CCC(C3)O4)c3cc(OC4CCN(c5ncccn5)CC4)ccc32)nc1C(F)(F)F. The molecule has 0 radical (unpaired) electrons. The number of rotatable bonds is 7. The van der Waals surface area contributed by atoms with Gasteiger partial charge in [-0.1, -0.05) is 6.42 Å². The number of halogens is 3. The van der Waals surface area contributed by atoms with Crippen LogP contribution in [0.5, 0.6) is 5.75 Å². The zero-order chi connectivity index (χ0) is 38.4. The molecular weight excluding hydrogens is 727 g/mol. The predicted octanol–water partition coefficient (Wildman–Crippen LogP) is 6.46. The maximum Gasteiger partial charge on any atom is 0.434 e. The van der Waals surface area contributed by atoms with Crippen molar-refractivity contribution < 1.29 is 37.3 Å². The molecule has 6 bridgehead atoms. The van der Waals surface area contributed by atoms with E-state index in [1.807, 2.05) is 18.2 Å². The van der Waals surface area contributed by atoms with Crippen molar-refractivity contribution in [3.05, 3.63) is 59.7 Å². The Bertz CT molecular complexity index is 2010. The van der Waals surface area contributed by atoms with Crippen LogP contribution in [0.4, 0.5) is 30.8 Å². The number of hydrogen-bond acceptors (Lipinski definition) is 10. The minimum atomic E-state index is -5.00. The maximum absolute atomic E-state index is 15.0. The predicted molar refractivity (Wildman–Crippen MR) is 197 cm³/mol. The van der Waals surface area contributed by atoms with Crippen molar-refractivity contribution in [3.8, 4) is 5.75 Å². The van der Waals surface area contributed by atoms with E-state index in [0.29, 0.717) is 74.3 Å². The van der Waals surface area contributed by atoms with Crippen molar-refractivity contribution in [1.82, 2.24) is 25.3 Å². The zero-order valence-electron chi connectivity index (χ0n) is 31.1. The Balaban J connectivity index is 0.947. The summed E-state index contributed by atoms with van der Waals surface area (Å²) in [5.41, 5.74) is -2.50. The molecule has 12 nitrogen and oxygen atoms in total. The van der Waals surface area contributed by atoms with Gasteiger partial charge in [-0.3, -0.25) is 4.79 Å². The Labute approximate surface area is 322 Å². The van der Waals surface area contributed by atoms with Crippen LogP contribution in [0.2, 0.25) is 0 Å². The summed E-state index contributed by atoms with van der Waals surface area (Å²) >= 11 is 0. The molecule has 2 aromatic heterocycles. The van der Waals surface area contributed by atoms with Gasteiger partial charge in [0.25, 0.3) is 5.91 Å². The molecule has 11 rings (SSSR count). The van der Waals surface area contributed by atoms with Crippen LogP contribution in [0.3, 0.4) is 0 Å². The van der Waals surface area contributed by atoms with Crippen LogP contribution in [0.15, 0.2) is 42.9 Å². The summed E-state index contributed by atoms with van der Waals surface area (Å²) in [6.45, 7) is 1.86. The van der Waals surface area contributed by atoms with Gasteiger partial charge in [-0.15, -0.1) is 0 Å². The van der Waals surface area contributed by atoms with Gasteiger partial charge in [-0.25, -0.2) is 24.7 Å². The van der Waals surface area contributed by atoms with Gasteiger partial charge in [0, 0.05) is 62.2 Å². The van der Waals surface area contributed by atoms with Crippen molar-refractivity contribution in [3.63, 3.8) is 0 Å². The second-order valence-electron chi connectivity index (χ2n) is 17.5. The van der Waals surface area contributed by atoms with Crippen LogP contribution in [0, 0.1) is 23.7 Å². The fourth-order valence-electron chi connectivity index (χ4n) is 11.9. The summed E-state index contributed by atoms with van der Waals surface area (Å²) in [5.74, 6) is -0.929. The van der Waals surface area contributed by atoms with Crippen molar-refractivity contribution in [2.75, 3.05) is 29.4 Å². The minimum Gasteiger partial charge on any atom is -0.490 e. The smallest absolute Gasteiger partial charge is 0.434 e. The maximum atomic E-state index is 15.0. The fraction of sp³-hybridized carbons (Fsp3) is 0.610. The number of carboxylic acids is 1. The number of hydrogen-bond donors (Lipinski definition) is 2. The number of benzene rings is 1. The van der Waals surface area contributed by atoms with Crippen LogP contribution in [-0.4, -0.2) is 80.4 Å². The van der Waals surface area contributed by atoms with E-state index in [0.717, 1.165) is 63.4 Å². The molecular formula is C41H46F3N7O5. The molecule has 7 unspecified atom stereocenters. The largest absolute Gasteiger partial charge is 0.490 e. The molecule has 4 aliphatic carbocycles. The number of fused-ring (bicyclic) bond motifs is 5. The molecule has 1 amide bonds. The van der Waals surface area contributed by atoms with Gasteiger partial charge in [0.15, 0.2) is 5.69 Å². The molecule has 296 valence electrons. The average molecular weight is 774 g/mol. The molecule has 6 heterocycles. The van der Waals surface area contributed by atoms with E-state index in [2.05, 4.69) is 30.2 Å². The Kier molecular flexibility index (Phi) is 8.50. The summed E-state index contributed by atoms with van der Waals surface area (Å²) in [6, 6.07) is 7.57. The molecule has 1 aromatic carbocycles. The minimum absolute atomic E-state index is 0.0211. The molecule has 3 saturated heterocycles. The van der Waals surface area contributed by atoms with E-state index in [1.54, 1.807) is 23.4 Å². The molecule has 4 aliphatic heterocycles. The third-order valence-corrected chi connectivity index (χ3v) is 14.2. The second-order valence-corrected chi connectivity index (χ2v) is 17.5. The number of aliphatic carboxylic acids is 1. The van der Waals surface area contributed by atoms with Gasteiger partial charge < -0.3 is 29.7 Å². The van der Waals surface area contributed by atoms with E-state index < -0.39 is 40.3 Å². The Morgan fingerprint density at radius 2 is 1.62 bits per heavy atom. The monoisotopic (exact) mass is 773 g/mol. The first-order chi connectivity index (χ1) is 27.0. The van der Waals surface area contributed by atoms with E-state index in [4.69, 9.17) is 9.47 Å². The lowest BCUT2D eigenvalue weighted by Gasteiger charge is -2.50. The van der Waals surface area contributed by atoms with Crippen LogP contribution in [0.1, 0.15) is 98.7 Å². The van der Waals surface area contributed by atoms with Crippen LogP contribution in [-0.2, 0) is 21.1 Å². The number of nitrogens with one attached hydrogen (secondary N) is 1. The van der Waals surface area contributed by atoms with E-state index in [9.17, 15) is 27.9 Å². The number of carboxylic acid groups (broad SMARTS) is 1. The molecule has 3 aromatic rings. The van der Waals surface area contributed by atoms with E-state index >= 15 is 0 Å². The van der Waals surface area contributed by atoms with Crippen LogP contribution in [0.25, 0.3) is 0 Å². The third kappa shape index (κ3) is 5.97. The second kappa shape index (κ2) is 13.3. The highest BCUT2D eigenvalue weighted by Gasteiger charge is 2.60. The number of amides is 1. The lowest BCUT2D eigenvalue weighted by Crippen LogP contribution is -2.66. The number of aromatic nitrogens is 4. The number of carbonyl (C=O) groups is 2. The number of piperidine rings is 1. The van der Waals surface area contributed by atoms with Gasteiger partial charge >= 0.3 is 12.1 Å². The van der Waals surface area contributed by atoms with Crippen molar-refractivity contribution in [2.45, 2.75) is 112 Å². The van der Waals surface area contributed by atoms with Gasteiger partial charge in [0.05, 0.1) is 17.8 Å². The molecule has 4 saturated carbocycles. The first-order valence-corrected chi connectivity index (χ1v) is 20.2. The fourth-order valence-corrected chi connectivity index (χ4v) is 11.9. The molecule has 7 atom stereocenters. The standard InChI is InChI=1S/C41H46F3N7O5/c42-41(43,44)34-31(35(52)49-40(36(53)54)25-3-2-23-14-24(16-25)17-26(40)15-23)21-47-38(48-34)51-22-39(19-29-4-5-30(20-39)56-29)32-18-28(6-7-33(32)51)55-27-8-12-50(13-9-27)37-45-10-1-11-46-37/h1,6-7,10-11,18,21,23-27,29-30H,2-5,8-9,12-17,19-20,22H2,(H,49,52)(H,53,54). The van der Waals surface area contributed by atoms with Crippen molar-refractivity contribution >= 4 is 29.5 Å². The third-order valence-electron chi connectivity index (χ3n) is 14.2. The Hall–Kier alpha value is -4.53. The number of anilines is 3. The number of nitrogens with zero attached hydrogens (tertiary/aromatic N) is 6. The highest BCUT2D eigenvalue weighted by molar-refractivity contribution is 5.99. The highest BCUT2D eigenvalue weighted by Crippen LogP contribution is 2.57. The first kappa shape index (κ1) is 35.9. The lowest BCUT2D eigenvalue weighted by molar-refractivity contribution is -0.154. The molecule has 7 fully saturated rings. The molecule has 15 heteroatoms. The van der Waals surface area contributed by atoms with Gasteiger partial charge in [0.2, 0.25) is 11.9 Å². The summed E-state index contributed by atoms with van der Waals surface area (Å²) in [5, 5.41) is 13.3. The molecule has 56 heavy (non-hydrogen) atoms. The molecule has 8 aliphatic rings. The Morgan fingerprint density at radius 1 is 0.893 bits per heavy atom. The summed E-state index contributed by atoms with van der Waals surface area (Å²) < 4.78 is 57.7. The van der Waals surface area contributed by atoms with E-state index in [-0.39, 0.29) is 36.1 Å². The first-order valence-electron chi connectivity index (χ1n) is 20.2. The molecule has 2 N–H and O–H groups in total. The number of ether oxygens (including phenoxy) is 2. The summed E-state index contributed by atoms with van der Waals surface area (Å²) in [7, 11) is 0. The quantitative estimate of drug-likeness (QED) is 0.273.